The topological polar surface area (TPSA) is 135 Å². The van der Waals surface area contributed by atoms with Crippen LogP contribution in [0, 0.1) is 25.2 Å². The van der Waals surface area contributed by atoms with E-state index in [1.807, 2.05) is 47.9 Å². The fourth-order valence-corrected chi connectivity index (χ4v) is 7.58. The fourth-order valence-electron chi connectivity index (χ4n) is 5.28. The van der Waals surface area contributed by atoms with Gasteiger partial charge in [0.2, 0.25) is 5.82 Å². The van der Waals surface area contributed by atoms with Crippen molar-refractivity contribution in [3.05, 3.63) is 77.1 Å². The third kappa shape index (κ3) is 5.19. The zero-order chi connectivity index (χ0) is 28.7. The molecule has 41 heavy (non-hydrogen) atoms. The molecule has 0 spiro atoms. The minimum atomic E-state index is -1.83. The van der Waals surface area contributed by atoms with Crippen LogP contribution >= 0.6 is 0 Å². The first kappa shape index (κ1) is 26.7. The summed E-state index contributed by atoms with van der Waals surface area (Å²) < 4.78 is 13.3. The molecular formula is C30H31N7O3Si. The number of fused-ring (bicyclic) bond motifs is 3. The predicted molar refractivity (Wildman–Crippen MR) is 158 cm³/mol. The van der Waals surface area contributed by atoms with E-state index < -0.39 is 8.07 Å². The third-order valence-electron chi connectivity index (χ3n) is 7.90. The number of carbonyl (C=O) groups is 1. The number of nitrogens with one attached hydrogen (secondary N) is 2. The number of hydrogen-bond acceptors (Lipinski definition) is 7. The number of aromatic nitrogens is 5. The van der Waals surface area contributed by atoms with Crippen molar-refractivity contribution >= 4 is 24.9 Å². The van der Waals surface area contributed by atoms with Gasteiger partial charge in [-0.1, -0.05) is 42.5 Å². The van der Waals surface area contributed by atoms with Gasteiger partial charge in [-0.3, -0.25) is 9.36 Å². The largest absolute Gasteiger partial charge is 0.361 e. The molecule has 0 saturated carbocycles. The number of nitriles is 1. The zero-order valence-corrected chi connectivity index (χ0v) is 24.5. The van der Waals surface area contributed by atoms with Crippen LogP contribution in [0.25, 0.3) is 33.7 Å². The van der Waals surface area contributed by atoms with Crippen molar-refractivity contribution in [3.8, 4) is 28.9 Å². The molecule has 1 aliphatic carbocycles. The standard InChI is InChI=1S/C30H31N7O3Si/c1-18-27(22-7-8-25-23(13-22)14-26(34-25)30-33-19(2)36-40-30)35-28-29(38)32-16-21-6-5-20(15-31)11-24(12-21)41(3,4)10-9-39-17-37(18)28/h5-8,11-14,24,34H,9-10,16-17H2,1-4H3,(H,32,38). The van der Waals surface area contributed by atoms with Crippen LogP contribution in [0.3, 0.4) is 0 Å². The second-order valence-electron chi connectivity index (χ2n) is 11.2. The fraction of sp³-hybridized carbons (Fsp3) is 0.300. The molecule has 1 aromatic carbocycles. The van der Waals surface area contributed by atoms with E-state index in [2.05, 4.69) is 51.8 Å². The Balaban J connectivity index is 1.34. The first-order valence-corrected chi connectivity index (χ1v) is 16.9. The van der Waals surface area contributed by atoms with Crippen molar-refractivity contribution in [2.75, 3.05) is 13.2 Å². The number of imidazole rings is 1. The molecule has 1 aliphatic heterocycles. The summed E-state index contributed by atoms with van der Waals surface area (Å²) >= 11 is 0. The first-order valence-electron chi connectivity index (χ1n) is 13.6. The molecule has 0 radical (unpaired) electrons. The maximum Gasteiger partial charge on any atom is 0.287 e. The van der Waals surface area contributed by atoms with Crippen LogP contribution in [0.1, 0.15) is 22.1 Å². The molecule has 11 heteroatoms. The SMILES string of the molecule is Cc1noc(-c2cc3cc(-c4nc5n(c4C)COCC[Si](C)(C)C4C=C(C#N)C=CC(=C4)CNC5=O)ccc3[nH]2)n1. The van der Waals surface area contributed by atoms with Gasteiger partial charge in [-0.25, -0.2) is 4.98 Å². The molecule has 1 atom stereocenters. The van der Waals surface area contributed by atoms with Crippen molar-refractivity contribution in [2.45, 2.75) is 45.3 Å². The summed E-state index contributed by atoms with van der Waals surface area (Å²) in [6.07, 6.45) is 8.02. The molecule has 2 aliphatic rings. The quantitative estimate of drug-likeness (QED) is 0.309. The van der Waals surface area contributed by atoms with Gasteiger partial charge in [0.05, 0.1) is 19.8 Å². The number of aryl methyl sites for hydroxylation is 1. The summed E-state index contributed by atoms with van der Waals surface area (Å²) in [5.41, 5.74) is 5.91. The summed E-state index contributed by atoms with van der Waals surface area (Å²) in [7, 11) is -1.83. The van der Waals surface area contributed by atoms with Crippen molar-refractivity contribution in [1.29, 1.82) is 5.26 Å². The van der Waals surface area contributed by atoms with Crippen LogP contribution < -0.4 is 5.32 Å². The van der Waals surface area contributed by atoms with E-state index in [1.54, 1.807) is 6.92 Å². The number of H-pyrrole nitrogens is 1. The second-order valence-corrected chi connectivity index (χ2v) is 16.4. The zero-order valence-electron chi connectivity index (χ0n) is 23.5. The maximum atomic E-state index is 13.5. The Morgan fingerprint density at radius 2 is 2.00 bits per heavy atom. The van der Waals surface area contributed by atoms with Crippen molar-refractivity contribution in [3.63, 3.8) is 0 Å². The number of hydrogen-bond donors (Lipinski definition) is 2. The molecule has 0 saturated heterocycles. The number of benzene rings is 1. The van der Waals surface area contributed by atoms with Crippen LogP contribution in [-0.2, 0) is 11.5 Å². The molecule has 2 N–H and O–H groups in total. The van der Waals surface area contributed by atoms with Crippen LogP contribution in [0.4, 0.5) is 0 Å². The molecule has 6 rings (SSSR count). The van der Waals surface area contributed by atoms with E-state index in [4.69, 9.17) is 14.2 Å². The molecule has 3 aromatic heterocycles. The highest BCUT2D eigenvalue weighted by molar-refractivity contribution is 6.79. The van der Waals surface area contributed by atoms with E-state index in [0.29, 0.717) is 36.3 Å². The van der Waals surface area contributed by atoms with Gasteiger partial charge in [0.1, 0.15) is 12.4 Å². The number of allylic oxidation sites excluding steroid dienone is 4. The number of carbonyl (C=O) groups excluding carboxylic acids is 1. The van der Waals surface area contributed by atoms with Gasteiger partial charge in [0.25, 0.3) is 11.8 Å². The average molecular weight is 566 g/mol. The predicted octanol–water partition coefficient (Wildman–Crippen LogP) is 5.44. The molecule has 4 heterocycles. The van der Waals surface area contributed by atoms with Crippen LogP contribution in [0.2, 0.25) is 24.7 Å². The Labute approximate surface area is 238 Å². The van der Waals surface area contributed by atoms with Crippen molar-refractivity contribution in [2.24, 2.45) is 0 Å². The number of amides is 1. The van der Waals surface area contributed by atoms with Crippen LogP contribution in [0.5, 0.6) is 0 Å². The van der Waals surface area contributed by atoms with E-state index in [1.165, 1.54) is 0 Å². The Morgan fingerprint density at radius 1 is 1.15 bits per heavy atom. The van der Waals surface area contributed by atoms with E-state index in [0.717, 1.165) is 45.2 Å². The minimum absolute atomic E-state index is 0.168. The molecule has 208 valence electrons. The summed E-state index contributed by atoms with van der Waals surface area (Å²) in [6, 6.07) is 11.2. The molecule has 10 nitrogen and oxygen atoms in total. The number of ether oxygens (including phenoxy) is 1. The Morgan fingerprint density at radius 3 is 2.78 bits per heavy atom. The number of rotatable bonds is 2. The van der Waals surface area contributed by atoms with Gasteiger partial charge in [-0.15, -0.1) is 0 Å². The monoisotopic (exact) mass is 565 g/mol. The lowest BCUT2D eigenvalue weighted by molar-refractivity contribution is 0.0775. The summed E-state index contributed by atoms with van der Waals surface area (Å²) in [6.45, 7) is 9.51. The normalized spacial score (nSPS) is 19.1. The Hall–Kier alpha value is -4.53. The molecular weight excluding hydrogens is 534 g/mol. The summed E-state index contributed by atoms with van der Waals surface area (Å²) in [5.74, 6) is 1.02. The Bertz CT molecular complexity index is 1800. The lowest BCUT2D eigenvalue weighted by Crippen LogP contribution is -2.32. The lowest BCUT2D eigenvalue weighted by Gasteiger charge is -2.29. The highest BCUT2D eigenvalue weighted by atomic mass is 28.3. The molecule has 2 bridgehead atoms. The first-order chi connectivity index (χ1) is 19.7. The highest BCUT2D eigenvalue weighted by Gasteiger charge is 2.31. The minimum Gasteiger partial charge on any atom is -0.361 e. The van der Waals surface area contributed by atoms with Gasteiger partial charge in [0, 0.05) is 40.9 Å². The van der Waals surface area contributed by atoms with Crippen molar-refractivity contribution in [1.82, 2.24) is 30.0 Å². The Kier molecular flexibility index (Phi) is 6.81. The molecule has 0 fully saturated rings. The highest BCUT2D eigenvalue weighted by Crippen LogP contribution is 2.34. The molecule has 1 amide bonds. The van der Waals surface area contributed by atoms with E-state index in [9.17, 15) is 10.1 Å². The molecule has 4 aromatic rings. The number of nitrogens with zero attached hydrogens (tertiary/aromatic N) is 5. The maximum absolute atomic E-state index is 13.5. The van der Waals surface area contributed by atoms with Crippen molar-refractivity contribution < 1.29 is 14.1 Å². The number of aromatic amines is 1. The lowest BCUT2D eigenvalue weighted by atomic mass is 10.1. The van der Waals surface area contributed by atoms with Crippen LogP contribution in [0.15, 0.2) is 64.2 Å². The molecule has 1 unspecified atom stereocenters. The van der Waals surface area contributed by atoms with Crippen LogP contribution in [-0.4, -0.2) is 51.8 Å². The average Bonchev–Trinajstić information content (AvgIpc) is 3.61. The van der Waals surface area contributed by atoms with E-state index >= 15 is 0 Å². The smallest absolute Gasteiger partial charge is 0.287 e. The summed E-state index contributed by atoms with van der Waals surface area (Å²) in [5, 5.41) is 17.5. The van der Waals surface area contributed by atoms with Gasteiger partial charge in [-0.05, 0) is 55.3 Å². The van der Waals surface area contributed by atoms with Gasteiger partial charge < -0.3 is 19.6 Å². The second kappa shape index (κ2) is 10.5. The van der Waals surface area contributed by atoms with Gasteiger partial charge in [-0.2, -0.15) is 10.2 Å². The van der Waals surface area contributed by atoms with Gasteiger partial charge >= 0.3 is 0 Å². The third-order valence-corrected chi connectivity index (χ3v) is 11.5. The van der Waals surface area contributed by atoms with Gasteiger partial charge in [0.15, 0.2) is 5.82 Å². The van der Waals surface area contributed by atoms with E-state index in [-0.39, 0.29) is 18.2 Å². The summed E-state index contributed by atoms with van der Waals surface area (Å²) in [4.78, 5) is 25.9.